The summed E-state index contributed by atoms with van der Waals surface area (Å²) in [5.74, 6) is -0.268. The van der Waals surface area contributed by atoms with Crippen LogP contribution in [0.3, 0.4) is 0 Å². The van der Waals surface area contributed by atoms with Gasteiger partial charge < -0.3 is 9.64 Å². The van der Waals surface area contributed by atoms with Gasteiger partial charge in [0.25, 0.3) is 0 Å². The van der Waals surface area contributed by atoms with Gasteiger partial charge in [-0.15, -0.1) is 0 Å². The van der Waals surface area contributed by atoms with Crippen LogP contribution in [0.1, 0.15) is 32.6 Å². The van der Waals surface area contributed by atoms with Crippen LogP contribution in [0.25, 0.3) is 6.08 Å². The summed E-state index contributed by atoms with van der Waals surface area (Å²) in [6, 6.07) is 0. The summed E-state index contributed by atoms with van der Waals surface area (Å²) in [4.78, 5) is 19.0. The first-order chi connectivity index (χ1) is 8.62. The van der Waals surface area contributed by atoms with E-state index in [4.69, 9.17) is 4.74 Å². The second kappa shape index (κ2) is 7.16. The van der Waals surface area contributed by atoms with E-state index in [-0.39, 0.29) is 5.97 Å². The van der Waals surface area contributed by atoms with Crippen LogP contribution in [0.4, 0.5) is 5.13 Å². The van der Waals surface area contributed by atoms with Crippen molar-refractivity contribution in [3.63, 3.8) is 0 Å². The molecule has 0 aliphatic carbocycles. The van der Waals surface area contributed by atoms with Crippen molar-refractivity contribution in [3.8, 4) is 0 Å². The highest BCUT2D eigenvalue weighted by molar-refractivity contribution is 7.16. The molecule has 0 saturated carbocycles. The molecule has 4 nitrogen and oxygen atoms in total. The molecule has 100 valence electrons. The second-order valence-corrected chi connectivity index (χ2v) is 4.81. The fourth-order valence-electron chi connectivity index (χ4n) is 1.50. The number of ether oxygens (including phenoxy) is 1. The Labute approximate surface area is 112 Å². The normalized spacial score (nSPS) is 11.4. The maximum Gasteiger partial charge on any atom is 0.333 e. The third-order valence-electron chi connectivity index (χ3n) is 2.50. The number of esters is 1. The molecule has 0 aromatic carbocycles. The Kier molecular flexibility index (Phi) is 5.85. The van der Waals surface area contributed by atoms with Crippen molar-refractivity contribution in [2.45, 2.75) is 27.7 Å². The molecule has 0 radical (unpaired) electrons. The lowest BCUT2D eigenvalue weighted by Gasteiger charge is -2.16. The molecule has 0 atom stereocenters. The Balaban J connectivity index is 2.80. The summed E-state index contributed by atoms with van der Waals surface area (Å²) in [6.07, 6.45) is 3.61. The summed E-state index contributed by atoms with van der Waals surface area (Å²) >= 11 is 1.58. The van der Waals surface area contributed by atoms with Gasteiger partial charge >= 0.3 is 5.97 Å². The number of thiazole rings is 1. The third-order valence-corrected chi connectivity index (χ3v) is 3.51. The molecule has 1 aromatic heterocycles. The van der Waals surface area contributed by atoms with Crippen molar-refractivity contribution < 1.29 is 9.53 Å². The molecule has 0 spiro atoms. The van der Waals surface area contributed by atoms with Crippen molar-refractivity contribution in [1.82, 2.24) is 4.98 Å². The third kappa shape index (κ3) is 3.84. The smallest absolute Gasteiger partial charge is 0.333 e. The number of carbonyl (C=O) groups is 1. The molecule has 0 saturated heterocycles. The number of hydrogen-bond donors (Lipinski definition) is 0. The maximum atomic E-state index is 11.5. The highest BCUT2D eigenvalue weighted by atomic mass is 32.1. The molecule has 0 bridgehead atoms. The van der Waals surface area contributed by atoms with Crippen molar-refractivity contribution in [2.75, 3.05) is 24.6 Å². The van der Waals surface area contributed by atoms with Gasteiger partial charge in [0.15, 0.2) is 5.13 Å². The van der Waals surface area contributed by atoms with Crippen molar-refractivity contribution in [1.29, 1.82) is 0 Å². The van der Waals surface area contributed by atoms with E-state index in [9.17, 15) is 4.79 Å². The van der Waals surface area contributed by atoms with Gasteiger partial charge in [-0.25, -0.2) is 9.78 Å². The molecule has 5 heteroatoms. The Morgan fingerprint density at radius 2 is 2.11 bits per heavy atom. The topological polar surface area (TPSA) is 42.4 Å². The number of rotatable bonds is 6. The van der Waals surface area contributed by atoms with E-state index in [0.29, 0.717) is 12.2 Å². The minimum Gasteiger partial charge on any atom is -0.463 e. The summed E-state index contributed by atoms with van der Waals surface area (Å²) in [5.41, 5.74) is 0.603. The maximum absolute atomic E-state index is 11.5. The zero-order valence-electron chi connectivity index (χ0n) is 11.4. The van der Waals surface area contributed by atoms with Crippen LogP contribution in [0.2, 0.25) is 0 Å². The molecule has 18 heavy (non-hydrogen) atoms. The van der Waals surface area contributed by atoms with Crippen LogP contribution in [0, 0.1) is 0 Å². The summed E-state index contributed by atoms with van der Waals surface area (Å²) < 4.78 is 4.94. The monoisotopic (exact) mass is 268 g/mol. The van der Waals surface area contributed by atoms with Crippen molar-refractivity contribution >= 4 is 28.5 Å². The molecule has 0 fully saturated rings. The van der Waals surface area contributed by atoms with Gasteiger partial charge in [0.2, 0.25) is 0 Å². The van der Waals surface area contributed by atoms with E-state index >= 15 is 0 Å². The van der Waals surface area contributed by atoms with Crippen LogP contribution < -0.4 is 4.90 Å². The predicted octanol–water partition coefficient (Wildman–Crippen LogP) is 2.96. The molecule has 0 aliphatic heterocycles. The molecule has 0 aliphatic rings. The molecule has 0 N–H and O–H groups in total. The van der Waals surface area contributed by atoms with Crippen molar-refractivity contribution in [2.24, 2.45) is 0 Å². The minimum absolute atomic E-state index is 0.268. The van der Waals surface area contributed by atoms with Gasteiger partial charge in [0, 0.05) is 29.7 Å². The zero-order valence-corrected chi connectivity index (χ0v) is 12.2. The first kappa shape index (κ1) is 14.7. The SMILES string of the molecule is CCOC(=O)C(C)=Cc1cnc(N(CC)CC)s1. The Bertz CT molecular complexity index is 422. The average Bonchev–Trinajstić information content (AvgIpc) is 2.79. The predicted molar refractivity (Wildman–Crippen MR) is 76.0 cm³/mol. The van der Waals surface area contributed by atoms with Crippen LogP contribution in [-0.2, 0) is 9.53 Å². The molecule has 1 rings (SSSR count). The Morgan fingerprint density at radius 1 is 1.44 bits per heavy atom. The molecule has 0 unspecified atom stereocenters. The lowest BCUT2D eigenvalue weighted by atomic mass is 10.3. The van der Waals surface area contributed by atoms with Gasteiger partial charge in [-0.05, 0) is 33.8 Å². The number of anilines is 1. The fraction of sp³-hybridized carbons (Fsp3) is 0.538. The summed E-state index contributed by atoms with van der Waals surface area (Å²) in [6.45, 7) is 10.0. The van der Waals surface area contributed by atoms with Gasteiger partial charge in [0.05, 0.1) is 6.61 Å². The number of nitrogens with zero attached hydrogens (tertiary/aromatic N) is 2. The highest BCUT2D eigenvalue weighted by Crippen LogP contribution is 2.24. The highest BCUT2D eigenvalue weighted by Gasteiger charge is 2.09. The first-order valence-electron chi connectivity index (χ1n) is 6.18. The largest absolute Gasteiger partial charge is 0.463 e. The molecule has 0 amide bonds. The van der Waals surface area contributed by atoms with E-state index in [0.717, 1.165) is 23.1 Å². The first-order valence-corrected chi connectivity index (χ1v) is 7.00. The Hall–Kier alpha value is -1.36. The molecular formula is C13H20N2O2S. The van der Waals surface area contributed by atoms with E-state index in [1.807, 2.05) is 6.08 Å². The van der Waals surface area contributed by atoms with E-state index in [1.54, 1.807) is 31.4 Å². The number of hydrogen-bond acceptors (Lipinski definition) is 5. The van der Waals surface area contributed by atoms with Gasteiger partial charge in [-0.1, -0.05) is 11.3 Å². The molecule has 1 aromatic rings. The summed E-state index contributed by atoms with van der Waals surface area (Å²) in [7, 11) is 0. The van der Waals surface area contributed by atoms with E-state index < -0.39 is 0 Å². The van der Waals surface area contributed by atoms with Crippen LogP contribution in [-0.4, -0.2) is 30.6 Å². The minimum atomic E-state index is -0.268. The fourth-order valence-corrected chi connectivity index (χ4v) is 2.55. The molecule has 1 heterocycles. The average molecular weight is 268 g/mol. The second-order valence-electron chi connectivity index (χ2n) is 3.77. The van der Waals surface area contributed by atoms with E-state index in [2.05, 4.69) is 23.7 Å². The number of carbonyl (C=O) groups excluding carboxylic acids is 1. The van der Waals surface area contributed by atoms with E-state index in [1.165, 1.54) is 0 Å². The van der Waals surface area contributed by atoms with Crippen molar-refractivity contribution in [3.05, 3.63) is 16.6 Å². The standard InChI is InChI=1S/C13H20N2O2S/c1-5-15(6-2)13-14-9-11(18-13)8-10(4)12(16)17-7-3/h8-9H,5-7H2,1-4H3. The van der Waals surface area contributed by atoms with Gasteiger partial charge in [-0.2, -0.15) is 0 Å². The van der Waals surface area contributed by atoms with Gasteiger partial charge in [-0.3, -0.25) is 0 Å². The number of aromatic nitrogens is 1. The van der Waals surface area contributed by atoms with Gasteiger partial charge in [0.1, 0.15) is 0 Å². The molecular weight excluding hydrogens is 248 g/mol. The quantitative estimate of drug-likeness (QED) is 0.587. The lowest BCUT2D eigenvalue weighted by molar-refractivity contribution is -0.138. The lowest BCUT2D eigenvalue weighted by Crippen LogP contribution is -2.21. The van der Waals surface area contributed by atoms with Crippen LogP contribution in [0.15, 0.2) is 11.8 Å². The van der Waals surface area contributed by atoms with Crippen LogP contribution >= 0.6 is 11.3 Å². The summed E-state index contributed by atoms with van der Waals surface area (Å²) in [5, 5.41) is 0.989. The Morgan fingerprint density at radius 3 is 2.67 bits per heavy atom. The zero-order chi connectivity index (χ0) is 13.5. The van der Waals surface area contributed by atoms with Crippen LogP contribution in [0.5, 0.6) is 0 Å².